The van der Waals surface area contributed by atoms with Crippen molar-refractivity contribution in [2.24, 2.45) is 0 Å². The zero-order chi connectivity index (χ0) is 15.0. The number of halogens is 2. The molecule has 21 heavy (non-hydrogen) atoms. The molecule has 0 atom stereocenters. The van der Waals surface area contributed by atoms with E-state index in [2.05, 4.69) is 53.0 Å². The molecule has 0 bridgehead atoms. The molecule has 0 spiro atoms. The molecule has 1 fully saturated rings. The predicted octanol–water partition coefficient (Wildman–Crippen LogP) is 5.83. The van der Waals surface area contributed by atoms with E-state index in [4.69, 9.17) is 16.6 Å². The number of nitrogens with zero attached hydrogens (tertiary/aromatic N) is 2. The van der Waals surface area contributed by atoms with Crippen LogP contribution in [-0.2, 0) is 0 Å². The van der Waals surface area contributed by atoms with Crippen LogP contribution >= 0.6 is 27.5 Å². The average molecular weight is 366 g/mol. The van der Waals surface area contributed by atoms with Crippen molar-refractivity contribution in [1.82, 2.24) is 9.97 Å². The van der Waals surface area contributed by atoms with Crippen molar-refractivity contribution in [3.05, 3.63) is 44.6 Å². The molecule has 1 aromatic heterocycles. The third-order valence-electron chi connectivity index (χ3n) is 4.34. The van der Waals surface area contributed by atoms with Crippen molar-refractivity contribution in [1.29, 1.82) is 0 Å². The molecule has 1 aromatic carbocycles. The summed E-state index contributed by atoms with van der Waals surface area (Å²) in [5.41, 5.74) is 4.63. The molecule has 0 unspecified atom stereocenters. The van der Waals surface area contributed by atoms with Crippen molar-refractivity contribution < 1.29 is 0 Å². The molecule has 2 nitrogen and oxygen atoms in total. The quantitative estimate of drug-likeness (QED) is 0.625. The minimum atomic E-state index is 0.505. The van der Waals surface area contributed by atoms with Crippen LogP contribution in [0.4, 0.5) is 0 Å². The summed E-state index contributed by atoms with van der Waals surface area (Å²) >= 11 is 9.89. The standard InChI is InChI=1S/C17H18BrClN2/c1-10-7-8-13(9-11(10)2)17-20-15(12-5-3-4-6-12)14(18)16(19)21-17/h7-9,12H,3-6H2,1-2H3. The fraction of sp³-hybridized carbons (Fsp3) is 0.412. The highest BCUT2D eigenvalue weighted by Crippen LogP contribution is 2.39. The molecule has 0 saturated heterocycles. The van der Waals surface area contributed by atoms with Gasteiger partial charge >= 0.3 is 0 Å². The van der Waals surface area contributed by atoms with Gasteiger partial charge in [-0.15, -0.1) is 0 Å². The first kappa shape index (κ1) is 15.0. The number of benzene rings is 1. The monoisotopic (exact) mass is 364 g/mol. The Kier molecular flexibility index (Phi) is 4.32. The maximum Gasteiger partial charge on any atom is 0.161 e. The molecule has 2 aromatic rings. The van der Waals surface area contributed by atoms with E-state index < -0.39 is 0 Å². The Morgan fingerprint density at radius 1 is 1.10 bits per heavy atom. The second-order valence-corrected chi connectivity index (χ2v) is 6.97. The van der Waals surface area contributed by atoms with Crippen LogP contribution in [0.3, 0.4) is 0 Å². The number of aryl methyl sites for hydroxylation is 2. The predicted molar refractivity (Wildman–Crippen MR) is 90.9 cm³/mol. The van der Waals surface area contributed by atoms with Crippen LogP contribution in [0.15, 0.2) is 22.7 Å². The van der Waals surface area contributed by atoms with Gasteiger partial charge < -0.3 is 0 Å². The van der Waals surface area contributed by atoms with Crippen LogP contribution in [0.2, 0.25) is 5.15 Å². The Morgan fingerprint density at radius 3 is 2.48 bits per heavy atom. The van der Waals surface area contributed by atoms with Gasteiger partial charge in [0, 0.05) is 11.5 Å². The summed E-state index contributed by atoms with van der Waals surface area (Å²) in [5, 5.41) is 0.514. The van der Waals surface area contributed by atoms with Gasteiger partial charge in [0.1, 0.15) is 5.15 Å². The summed E-state index contributed by atoms with van der Waals surface area (Å²) in [7, 11) is 0. The molecule has 0 N–H and O–H groups in total. The van der Waals surface area contributed by atoms with Gasteiger partial charge in [-0.2, -0.15) is 0 Å². The van der Waals surface area contributed by atoms with Gasteiger partial charge in [-0.25, -0.2) is 9.97 Å². The van der Waals surface area contributed by atoms with Crippen molar-refractivity contribution in [3.63, 3.8) is 0 Å². The largest absolute Gasteiger partial charge is 0.231 e. The number of rotatable bonds is 2. The normalized spacial score (nSPS) is 15.6. The van der Waals surface area contributed by atoms with Gasteiger partial charge in [-0.3, -0.25) is 0 Å². The summed E-state index contributed by atoms with van der Waals surface area (Å²) in [6.07, 6.45) is 4.94. The lowest BCUT2D eigenvalue weighted by molar-refractivity contribution is 0.691. The molecular weight excluding hydrogens is 348 g/mol. The molecule has 0 aliphatic heterocycles. The third kappa shape index (κ3) is 3.00. The first-order chi connectivity index (χ1) is 10.1. The average Bonchev–Trinajstić information content (AvgIpc) is 2.98. The van der Waals surface area contributed by atoms with Crippen molar-refractivity contribution in [2.75, 3.05) is 0 Å². The van der Waals surface area contributed by atoms with E-state index in [0.29, 0.717) is 11.1 Å². The minimum absolute atomic E-state index is 0.505. The zero-order valence-corrected chi connectivity index (χ0v) is 14.6. The van der Waals surface area contributed by atoms with E-state index in [-0.39, 0.29) is 0 Å². The molecule has 110 valence electrons. The molecule has 1 saturated carbocycles. The summed E-state index contributed by atoms with van der Waals surface area (Å²) in [6.45, 7) is 4.22. The van der Waals surface area contributed by atoms with Gasteiger partial charge in [-0.05, 0) is 59.8 Å². The summed E-state index contributed by atoms with van der Waals surface area (Å²) in [6, 6.07) is 6.31. The lowest BCUT2D eigenvalue weighted by atomic mass is 10.0. The van der Waals surface area contributed by atoms with Crippen molar-refractivity contribution in [2.45, 2.75) is 45.4 Å². The SMILES string of the molecule is Cc1ccc(-c2nc(Cl)c(Br)c(C3CCCC3)n2)cc1C. The fourth-order valence-corrected chi connectivity index (χ4v) is 3.59. The first-order valence-corrected chi connectivity index (χ1v) is 8.54. The molecule has 4 heteroatoms. The van der Waals surface area contributed by atoms with Crippen LogP contribution in [0.25, 0.3) is 11.4 Å². The van der Waals surface area contributed by atoms with Crippen LogP contribution in [0.1, 0.15) is 48.4 Å². The molecule has 1 aliphatic carbocycles. The highest BCUT2D eigenvalue weighted by Gasteiger charge is 2.23. The maximum atomic E-state index is 6.32. The molecule has 1 aliphatic rings. The topological polar surface area (TPSA) is 25.8 Å². The molecular formula is C17H18BrClN2. The van der Waals surface area contributed by atoms with E-state index >= 15 is 0 Å². The van der Waals surface area contributed by atoms with E-state index in [1.807, 2.05) is 0 Å². The number of hydrogen-bond donors (Lipinski definition) is 0. The van der Waals surface area contributed by atoms with Crippen LogP contribution in [0, 0.1) is 13.8 Å². The van der Waals surface area contributed by atoms with E-state index in [1.54, 1.807) is 0 Å². The summed E-state index contributed by atoms with van der Waals surface area (Å²) < 4.78 is 0.864. The highest BCUT2D eigenvalue weighted by atomic mass is 79.9. The van der Waals surface area contributed by atoms with E-state index in [9.17, 15) is 0 Å². The molecule has 0 radical (unpaired) electrons. The second-order valence-electron chi connectivity index (χ2n) is 5.82. The van der Waals surface area contributed by atoms with E-state index in [1.165, 1.54) is 36.8 Å². The fourth-order valence-electron chi connectivity index (χ4n) is 2.92. The lowest BCUT2D eigenvalue weighted by Crippen LogP contribution is -2.03. The number of aromatic nitrogens is 2. The smallest absolute Gasteiger partial charge is 0.161 e. The molecule has 1 heterocycles. The van der Waals surface area contributed by atoms with Gasteiger partial charge in [0.05, 0.1) is 10.2 Å². The minimum Gasteiger partial charge on any atom is -0.231 e. The van der Waals surface area contributed by atoms with Crippen molar-refractivity contribution in [3.8, 4) is 11.4 Å². The third-order valence-corrected chi connectivity index (χ3v) is 5.63. The highest BCUT2D eigenvalue weighted by molar-refractivity contribution is 9.10. The Bertz CT molecular complexity index is 679. The lowest BCUT2D eigenvalue weighted by Gasteiger charge is -2.14. The second kappa shape index (κ2) is 6.05. The summed E-state index contributed by atoms with van der Waals surface area (Å²) in [5.74, 6) is 1.23. The van der Waals surface area contributed by atoms with Crippen molar-refractivity contribution >= 4 is 27.5 Å². The first-order valence-electron chi connectivity index (χ1n) is 7.37. The van der Waals surface area contributed by atoms with Crippen LogP contribution in [-0.4, -0.2) is 9.97 Å². The Morgan fingerprint density at radius 2 is 1.81 bits per heavy atom. The Labute approximate surface area is 139 Å². The van der Waals surface area contributed by atoms with Crippen LogP contribution in [0.5, 0.6) is 0 Å². The van der Waals surface area contributed by atoms with Gasteiger partial charge in [0.25, 0.3) is 0 Å². The van der Waals surface area contributed by atoms with Gasteiger partial charge in [-0.1, -0.05) is 36.6 Å². The summed E-state index contributed by atoms with van der Waals surface area (Å²) in [4.78, 5) is 9.27. The zero-order valence-electron chi connectivity index (χ0n) is 12.3. The number of hydrogen-bond acceptors (Lipinski definition) is 2. The van der Waals surface area contributed by atoms with Gasteiger partial charge in [0.2, 0.25) is 0 Å². The van der Waals surface area contributed by atoms with E-state index in [0.717, 1.165) is 21.6 Å². The molecule has 3 rings (SSSR count). The molecule has 0 amide bonds. The Balaban J connectivity index is 2.08. The Hall–Kier alpha value is -0.930. The van der Waals surface area contributed by atoms with Crippen LogP contribution < -0.4 is 0 Å². The maximum absolute atomic E-state index is 6.32. The van der Waals surface area contributed by atoms with Gasteiger partial charge in [0.15, 0.2) is 5.82 Å².